The summed E-state index contributed by atoms with van der Waals surface area (Å²) in [7, 11) is 3.59. The molecule has 0 bridgehead atoms. The molecule has 0 atom stereocenters. The van der Waals surface area contributed by atoms with Gasteiger partial charge < -0.3 is 4.80 Å². The molecule has 1 radical (unpaired) electrons. The van der Waals surface area contributed by atoms with Gasteiger partial charge in [-0.05, 0) is 35.4 Å². The van der Waals surface area contributed by atoms with E-state index in [0.717, 1.165) is 0 Å². The second-order valence-electron chi connectivity index (χ2n) is 1.78. The van der Waals surface area contributed by atoms with Crippen molar-refractivity contribution in [1.29, 1.82) is 0 Å². The SMILES string of the molecule is O[SiH2][SiH2][SiH2][SiH2][SiH2][SiH3].[Na]. The molecule has 0 heterocycles. The molecule has 1 nitrogen and oxygen atoms in total. The van der Waals surface area contributed by atoms with Gasteiger partial charge in [-0.25, -0.2) is 0 Å². The standard InChI is InChI=1S/Na.H14OSi6/c;1-3-5-7-6-4-2/h;1H,3-7H2,2H3. The summed E-state index contributed by atoms with van der Waals surface area (Å²) >= 11 is 0. The summed E-state index contributed by atoms with van der Waals surface area (Å²) in [5.41, 5.74) is 0. The molecule has 0 aromatic rings. The Bertz CT molecular complexity index is 27.7. The maximum atomic E-state index is 8.58. The Balaban J connectivity index is 0. The van der Waals surface area contributed by atoms with E-state index in [1.807, 2.05) is 0 Å². The molecule has 0 aliphatic heterocycles. The van der Waals surface area contributed by atoms with Gasteiger partial charge in [0.25, 0.3) is 0 Å². The number of rotatable bonds is 4. The summed E-state index contributed by atoms with van der Waals surface area (Å²) in [5.74, 6) is 0. The molecule has 8 heteroatoms. The summed E-state index contributed by atoms with van der Waals surface area (Å²) in [6.07, 6.45) is 0. The molecule has 0 unspecified atom stereocenters. The van der Waals surface area contributed by atoms with Crippen molar-refractivity contribution in [1.82, 2.24) is 0 Å². The van der Waals surface area contributed by atoms with Crippen molar-refractivity contribution in [3.63, 3.8) is 0 Å². The van der Waals surface area contributed by atoms with E-state index < -0.39 is 0 Å². The van der Waals surface area contributed by atoms with E-state index in [1.54, 1.807) is 9.76 Å². The van der Waals surface area contributed by atoms with E-state index >= 15 is 0 Å². The molecule has 0 aliphatic rings. The van der Waals surface area contributed by atoms with Crippen molar-refractivity contribution < 1.29 is 4.80 Å². The van der Waals surface area contributed by atoms with Crippen LogP contribution in [0.3, 0.4) is 0 Å². The van der Waals surface area contributed by atoms with Crippen molar-refractivity contribution in [2.45, 2.75) is 0 Å². The molecule has 0 amide bonds. The van der Waals surface area contributed by atoms with Crippen LogP contribution >= 0.6 is 0 Å². The average Bonchev–Trinajstić information content (AvgIpc) is 1.69. The van der Waals surface area contributed by atoms with Crippen molar-refractivity contribution >= 4 is 82.8 Å². The first-order valence-corrected chi connectivity index (χ1v) is 25.3. The molecule has 0 fully saturated rings. The predicted molar refractivity (Wildman–Crippen MR) is 60.6 cm³/mol. The van der Waals surface area contributed by atoms with Crippen molar-refractivity contribution in [3.05, 3.63) is 0 Å². The molecule has 0 aromatic heterocycles. The minimum Gasteiger partial charge on any atom is -0.442 e. The summed E-state index contributed by atoms with van der Waals surface area (Å²) in [6, 6.07) is 0. The Morgan fingerprint density at radius 1 is 1.12 bits per heavy atom. The van der Waals surface area contributed by atoms with Crippen LogP contribution in [0.1, 0.15) is 0 Å². The van der Waals surface area contributed by atoms with Gasteiger partial charge >= 0.3 is 0 Å². The molecule has 0 rings (SSSR count). The van der Waals surface area contributed by atoms with Crippen LogP contribution in [0.5, 0.6) is 0 Å². The van der Waals surface area contributed by atoms with E-state index in [1.165, 1.54) is 0 Å². The minimum atomic E-state index is -0.333. The molecule has 0 saturated heterocycles. The number of hydrogen-bond acceptors (Lipinski definition) is 1. The first-order valence-electron chi connectivity index (χ1n) is 3.02. The zero-order valence-electron chi connectivity index (χ0n) is 5.98. The zero-order chi connectivity index (χ0) is 5.54. The Labute approximate surface area is 86.7 Å². The van der Waals surface area contributed by atoms with Crippen LogP contribution in [0.4, 0.5) is 0 Å². The predicted octanol–water partition coefficient (Wildman–Crippen LogP) is -6.70. The molecular weight excluding hydrogens is 208 g/mol. The Morgan fingerprint density at radius 2 is 1.75 bits per heavy atom. The Morgan fingerprint density at radius 3 is 2.12 bits per heavy atom. The van der Waals surface area contributed by atoms with Gasteiger partial charge in [-0.2, -0.15) is 0 Å². The second kappa shape index (κ2) is 12.0. The normalized spacial score (nSPS) is 16.1. The topological polar surface area (TPSA) is 20.2 Å². The van der Waals surface area contributed by atoms with Crippen LogP contribution in [0.25, 0.3) is 0 Å². The van der Waals surface area contributed by atoms with Gasteiger partial charge in [0, 0.05) is 38.1 Å². The maximum absolute atomic E-state index is 8.58. The van der Waals surface area contributed by atoms with Gasteiger partial charge in [0.1, 0.15) is 9.28 Å². The molecule has 1 N–H and O–H groups in total. The smallest absolute Gasteiger partial charge is 0.135 e. The fourth-order valence-corrected chi connectivity index (χ4v) is 113. The third kappa shape index (κ3) is 11.1. The Kier molecular flexibility index (Phi) is 19.3. The fraction of sp³-hybridized carbons (Fsp3) is 0. The van der Waals surface area contributed by atoms with Gasteiger partial charge in [-0.15, -0.1) is 0 Å². The van der Waals surface area contributed by atoms with Crippen LogP contribution < -0.4 is 0 Å². The van der Waals surface area contributed by atoms with Crippen LogP contribution in [-0.4, -0.2) is 87.6 Å². The molecule has 0 saturated carbocycles. The first-order chi connectivity index (χ1) is 3.41. The van der Waals surface area contributed by atoms with Crippen molar-refractivity contribution in [2.24, 2.45) is 0 Å². The average molecular weight is 222 g/mol. The number of hydrogen-bond donors (Lipinski definition) is 1. The maximum Gasteiger partial charge on any atom is 0.135 e. The monoisotopic (exact) mass is 221 g/mol. The van der Waals surface area contributed by atoms with E-state index in [0.29, 0.717) is 34.2 Å². The van der Waals surface area contributed by atoms with Crippen molar-refractivity contribution in [2.75, 3.05) is 0 Å². The summed E-state index contributed by atoms with van der Waals surface area (Å²) in [5, 5.41) is 0. The minimum absolute atomic E-state index is 0. The van der Waals surface area contributed by atoms with Gasteiger partial charge in [-0.3, -0.25) is 0 Å². The van der Waals surface area contributed by atoms with Gasteiger partial charge in [0.2, 0.25) is 0 Å². The third-order valence-corrected chi connectivity index (χ3v) is 73.4. The van der Waals surface area contributed by atoms with Gasteiger partial charge in [0.15, 0.2) is 0 Å². The molecule has 8 heavy (non-hydrogen) atoms. The summed E-state index contributed by atoms with van der Waals surface area (Å²) < 4.78 is 0. The van der Waals surface area contributed by atoms with Crippen LogP contribution in [0, 0.1) is 0 Å². The molecular formula is H14NaOSi6. The quantitative estimate of drug-likeness (QED) is 0.370. The van der Waals surface area contributed by atoms with Crippen molar-refractivity contribution in [3.8, 4) is 0 Å². The fourth-order valence-electron chi connectivity index (χ4n) is 0.539. The Hall–Kier alpha value is 2.26. The largest absolute Gasteiger partial charge is 0.442 e. The van der Waals surface area contributed by atoms with Gasteiger partial charge in [-0.1, -0.05) is 0 Å². The summed E-state index contributed by atoms with van der Waals surface area (Å²) in [6.45, 7) is 0. The zero-order valence-corrected chi connectivity index (χ0v) is 17.1. The molecule has 45 valence electrons. The summed E-state index contributed by atoms with van der Waals surface area (Å²) in [4.78, 5) is 8.58. The second-order valence-corrected chi connectivity index (χ2v) is 44.2. The third-order valence-electron chi connectivity index (χ3n) is 1.01. The van der Waals surface area contributed by atoms with E-state index in [2.05, 4.69) is 0 Å². The van der Waals surface area contributed by atoms with Crippen LogP contribution in [0.2, 0.25) is 0 Å². The first kappa shape index (κ1) is 12.9. The molecule has 0 aromatic carbocycles. The molecule has 0 spiro atoms. The molecule has 0 aliphatic carbocycles. The van der Waals surface area contributed by atoms with E-state index in [-0.39, 0.29) is 38.8 Å². The van der Waals surface area contributed by atoms with Gasteiger partial charge in [0.05, 0.1) is 0 Å². The van der Waals surface area contributed by atoms with Crippen LogP contribution in [0.15, 0.2) is 0 Å². The van der Waals surface area contributed by atoms with E-state index in [9.17, 15) is 0 Å². The van der Waals surface area contributed by atoms with Crippen LogP contribution in [-0.2, 0) is 0 Å². The van der Waals surface area contributed by atoms with E-state index in [4.69, 9.17) is 4.80 Å².